The highest BCUT2D eigenvalue weighted by atomic mass is 16.5. The zero-order chi connectivity index (χ0) is 25.9. The van der Waals surface area contributed by atoms with E-state index in [9.17, 15) is 4.79 Å². The fourth-order valence-corrected chi connectivity index (χ4v) is 5.07. The number of aromatic nitrogens is 2. The molecule has 0 radical (unpaired) electrons. The van der Waals surface area contributed by atoms with Gasteiger partial charge in [-0.15, -0.1) is 0 Å². The lowest BCUT2D eigenvalue weighted by Gasteiger charge is -2.32. The Balaban J connectivity index is 1.52. The van der Waals surface area contributed by atoms with Crippen LogP contribution in [0.1, 0.15) is 34.9 Å². The highest BCUT2D eigenvalue weighted by Crippen LogP contribution is 2.36. The number of rotatable bonds is 7. The zero-order valence-electron chi connectivity index (χ0n) is 21.6. The first-order valence-electron chi connectivity index (χ1n) is 12.3. The van der Waals surface area contributed by atoms with E-state index in [0.29, 0.717) is 36.0 Å². The molecule has 3 heterocycles. The van der Waals surface area contributed by atoms with Crippen molar-refractivity contribution in [2.24, 2.45) is 0 Å². The van der Waals surface area contributed by atoms with Crippen molar-refractivity contribution in [2.75, 3.05) is 41.5 Å². The van der Waals surface area contributed by atoms with Crippen molar-refractivity contribution in [1.29, 1.82) is 0 Å². The summed E-state index contributed by atoms with van der Waals surface area (Å²) < 4.78 is 24.0. The Hall–Kier alpha value is -4.20. The Bertz CT molecular complexity index is 1430. The minimum atomic E-state index is -0.0356. The van der Waals surface area contributed by atoms with Crippen LogP contribution in [0.2, 0.25) is 0 Å². The third-order valence-corrected chi connectivity index (χ3v) is 6.91. The number of fused-ring (bicyclic) bond motifs is 1. The van der Waals surface area contributed by atoms with E-state index in [1.807, 2.05) is 47.4 Å². The van der Waals surface area contributed by atoms with Gasteiger partial charge in [-0.25, -0.2) is 4.98 Å². The molecule has 2 aromatic carbocycles. The predicted octanol–water partition coefficient (Wildman–Crippen LogP) is 5.06. The van der Waals surface area contributed by atoms with Crippen LogP contribution in [-0.2, 0) is 0 Å². The number of amides is 1. The Labute approximate surface area is 216 Å². The molecule has 8 heteroatoms. The second-order valence-corrected chi connectivity index (χ2v) is 9.00. The van der Waals surface area contributed by atoms with Crippen molar-refractivity contribution in [3.8, 4) is 34.4 Å². The van der Waals surface area contributed by atoms with E-state index < -0.39 is 0 Å². The van der Waals surface area contributed by atoms with Gasteiger partial charge in [0.2, 0.25) is 0 Å². The van der Waals surface area contributed by atoms with Crippen LogP contribution >= 0.6 is 0 Å². The van der Waals surface area contributed by atoms with Gasteiger partial charge in [-0.3, -0.25) is 9.20 Å². The van der Waals surface area contributed by atoms with E-state index >= 15 is 0 Å². The van der Waals surface area contributed by atoms with Gasteiger partial charge in [0.05, 0.1) is 39.6 Å². The molecule has 0 saturated carbocycles. The van der Waals surface area contributed by atoms with Gasteiger partial charge in [-0.2, -0.15) is 0 Å². The summed E-state index contributed by atoms with van der Waals surface area (Å²) >= 11 is 0. The van der Waals surface area contributed by atoms with Crippen molar-refractivity contribution in [3.63, 3.8) is 0 Å². The lowest BCUT2D eigenvalue weighted by Crippen LogP contribution is -2.39. The van der Waals surface area contributed by atoms with Crippen LogP contribution in [0.25, 0.3) is 16.8 Å². The molecule has 1 aliphatic heterocycles. The molecule has 0 spiro atoms. The number of imidazole rings is 1. The average Bonchev–Trinajstić information content (AvgIpc) is 3.36. The molecule has 0 aliphatic carbocycles. The zero-order valence-corrected chi connectivity index (χ0v) is 21.6. The molecule has 1 aliphatic rings. The van der Waals surface area contributed by atoms with Crippen LogP contribution in [0.3, 0.4) is 0 Å². The summed E-state index contributed by atoms with van der Waals surface area (Å²) in [5.41, 5.74) is 3.34. The number of carbonyl (C=O) groups excluding carboxylic acids is 1. The van der Waals surface area contributed by atoms with E-state index in [0.717, 1.165) is 41.2 Å². The maximum absolute atomic E-state index is 13.5. The van der Waals surface area contributed by atoms with Crippen LogP contribution in [0.15, 0.2) is 60.7 Å². The molecule has 8 nitrogen and oxygen atoms in total. The first-order chi connectivity index (χ1) is 18.1. The third kappa shape index (κ3) is 4.55. The van der Waals surface area contributed by atoms with Crippen LogP contribution in [0, 0.1) is 0 Å². The SMILES string of the molecule is COc1cccc(-c2nc(C3CCCN(C(=O)c4ccc(OC)c(OC)c4)C3)n3c(OC)cccc23)c1. The Morgan fingerprint density at radius 2 is 1.70 bits per heavy atom. The van der Waals surface area contributed by atoms with E-state index in [4.69, 9.17) is 23.9 Å². The van der Waals surface area contributed by atoms with E-state index in [1.165, 1.54) is 0 Å². The number of piperidine rings is 1. The summed E-state index contributed by atoms with van der Waals surface area (Å²) in [6.45, 7) is 1.24. The summed E-state index contributed by atoms with van der Waals surface area (Å²) in [4.78, 5) is 20.5. The summed E-state index contributed by atoms with van der Waals surface area (Å²) in [7, 11) is 6.47. The summed E-state index contributed by atoms with van der Waals surface area (Å²) in [5, 5.41) is 0. The molecule has 1 saturated heterocycles. The van der Waals surface area contributed by atoms with Gasteiger partial charge in [0.1, 0.15) is 11.6 Å². The Morgan fingerprint density at radius 3 is 2.46 bits per heavy atom. The van der Waals surface area contributed by atoms with Crippen molar-refractivity contribution >= 4 is 11.4 Å². The van der Waals surface area contributed by atoms with Crippen LogP contribution < -0.4 is 18.9 Å². The molecule has 2 aromatic heterocycles. The summed E-state index contributed by atoms with van der Waals surface area (Å²) in [6.07, 6.45) is 1.80. The van der Waals surface area contributed by atoms with Gasteiger partial charge in [0, 0.05) is 30.1 Å². The molecule has 1 amide bonds. The van der Waals surface area contributed by atoms with Gasteiger partial charge in [0.25, 0.3) is 5.91 Å². The van der Waals surface area contributed by atoms with Gasteiger partial charge >= 0.3 is 0 Å². The minimum Gasteiger partial charge on any atom is -0.497 e. The number of nitrogens with zero attached hydrogens (tertiary/aromatic N) is 3. The summed E-state index contributed by atoms with van der Waals surface area (Å²) in [5.74, 6) is 3.50. The standard InChI is InChI=1S/C29H31N3O5/c1-34-22-10-5-8-19(16-22)27-23-11-6-12-26(37-4)32(23)28(30-27)21-9-7-15-31(18-21)29(33)20-13-14-24(35-2)25(17-20)36-3/h5-6,8,10-14,16-17,21H,7,9,15,18H2,1-4H3. The van der Waals surface area contributed by atoms with Gasteiger partial charge in [0.15, 0.2) is 17.4 Å². The number of pyridine rings is 1. The molecule has 4 aromatic rings. The molecule has 37 heavy (non-hydrogen) atoms. The minimum absolute atomic E-state index is 0.0356. The lowest BCUT2D eigenvalue weighted by molar-refractivity contribution is 0.0704. The molecule has 0 N–H and O–H groups in total. The van der Waals surface area contributed by atoms with Gasteiger partial charge in [-0.05, 0) is 55.3 Å². The molecule has 0 bridgehead atoms. The summed E-state index contributed by atoms with van der Waals surface area (Å²) in [6, 6.07) is 19.1. The maximum Gasteiger partial charge on any atom is 0.254 e. The number of likely N-dealkylation sites (tertiary alicyclic amines) is 1. The lowest BCUT2D eigenvalue weighted by atomic mass is 9.96. The quantitative estimate of drug-likeness (QED) is 0.353. The molecule has 1 unspecified atom stereocenters. The number of ether oxygens (including phenoxy) is 4. The van der Waals surface area contributed by atoms with Gasteiger partial charge < -0.3 is 23.8 Å². The molecule has 5 rings (SSSR count). The van der Waals surface area contributed by atoms with Crippen LogP contribution in [0.5, 0.6) is 23.1 Å². The van der Waals surface area contributed by atoms with E-state index in [2.05, 4.69) is 4.40 Å². The fraction of sp³-hybridized carbons (Fsp3) is 0.310. The number of hydrogen-bond donors (Lipinski definition) is 0. The fourth-order valence-electron chi connectivity index (χ4n) is 5.07. The first-order valence-corrected chi connectivity index (χ1v) is 12.3. The van der Waals surface area contributed by atoms with Crippen molar-refractivity contribution < 1.29 is 23.7 Å². The second kappa shape index (κ2) is 10.4. The van der Waals surface area contributed by atoms with Crippen LogP contribution in [-0.4, -0.2) is 61.7 Å². The number of carbonyl (C=O) groups is 1. The highest BCUT2D eigenvalue weighted by molar-refractivity contribution is 5.95. The van der Waals surface area contributed by atoms with E-state index in [-0.39, 0.29) is 11.8 Å². The largest absolute Gasteiger partial charge is 0.497 e. The second-order valence-electron chi connectivity index (χ2n) is 9.00. The first kappa shape index (κ1) is 24.5. The average molecular weight is 502 g/mol. The molecular weight excluding hydrogens is 470 g/mol. The topological polar surface area (TPSA) is 74.5 Å². The monoisotopic (exact) mass is 501 g/mol. The smallest absolute Gasteiger partial charge is 0.254 e. The highest BCUT2D eigenvalue weighted by Gasteiger charge is 2.30. The molecule has 1 fully saturated rings. The third-order valence-electron chi connectivity index (χ3n) is 6.91. The predicted molar refractivity (Wildman–Crippen MR) is 141 cm³/mol. The maximum atomic E-state index is 13.5. The van der Waals surface area contributed by atoms with Crippen molar-refractivity contribution in [1.82, 2.24) is 14.3 Å². The van der Waals surface area contributed by atoms with E-state index in [1.54, 1.807) is 46.6 Å². The molecule has 1 atom stereocenters. The van der Waals surface area contributed by atoms with Crippen molar-refractivity contribution in [3.05, 3.63) is 72.1 Å². The number of methoxy groups -OCH3 is 4. The number of hydrogen-bond acceptors (Lipinski definition) is 6. The Morgan fingerprint density at radius 1 is 0.892 bits per heavy atom. The normalized spacial score (nSPS) is 15.5. The number of benzene rings is 2. The van der Waals surface area contributed by atoms with Crippen molar-refractivity contribution in [2.45, 2.75) is 18.8 Å². The van der Waals surface area contributed by atoms with Gasteiger partial charge in [-0.1, -0.05) is 18.2 Å². The Kier molecular flexibility index (Phi) is 6.90. The van der Waals surface area contributed by atoms with Crippen LogP contribution in [0.4, 0.5) is 0 Å². The molecule has 192 valence electrons. The molecular formula is C29H31N3O5.